The third-order valence-corrected chi connectivity index (χ3v) is 6.16. The predicted octanol–water partition coefficient (Wildman–Crippen LogP) is 6.09. The van der Waals surface area contributed by atoms with Gasteiger partial charge >= 0.3 is 0 Å². The smallest absolute Gasteiger partial charge is 0.216 e. The van der Waals surface area contributed by atoms with Crippen LogP contribution in [0, 0.1) is 6.92 Å². The van der Waals surface area contributed by atoms with E-state index in [-0.39, 0.29) is 11.3 Å². The summed E-state index contributed by atoms with van der Waals surface area (Å²) in [6.45, 7) is -3.72. The van der Waals surface area contributed by atoms with E-state index in [0.717, 1.165) is 22.2 Å². The van der Waals surface area contributed by atoms with Crippen LogP contribution in [0.15, 0.2) is 71.4 Å². The third kappa shape index (κ3) is 2.10. The summed E-state index contributed by atoms with van der Waals surface area (Å²) in [4.78, 5) is 4.57. The van der Waals surface area contributed by atoms with Crippen LogP contribution in [0.2, 0.25) is 0 Å². The molecule has 0 atom stereocenters. The number of rotatable bonds is 1. The Labute approximate surface area is 184 Å². The number of aromatic nitrogens is 2. The lowest BCUT2D eigenvalue weighted by molar-refractivity contribution is -0.660. The van der Waals surface area contributed by atoms with Crippen LogP contribution in [0.25, 0.3) is 44.3 Å². The van der Waals surface area contributed by atoms with Gasteiger partial charge in [-0.25, -0.2) is 4.57 Å². The molecule has 1 aliphatic carbocycles. The van der Waals surface area contributed by atoms with E-state index in [4.69, 9.17) is 12.6 Å². The van der Waals surface area contributed by atoms with Gasteiger partial charge < -0.3 is 4.42 Å². The van der Waals surface area contributed by atoms with E-state index < -0.39 is 19.1 Å². The molecule has 0 N–H and O–H groups in total. The second kappa shape index (κ2) is 5.79. The normalized spacial score (nSPS) is 18.1. The molecular formula is C27H23N2O+. The number of benzene rings is 2. The van der Waals surface area contributed by atoms with Crippen LogP contribution in [0.5, 0.6) is 0 Å². The van der Waals surface area contributed by atoms with E-state index in [0.29, 0.717) is 27.7 Å². The number of nitrogens with zero attached hydrogens (tertiary/aromatic N) is 2. The minimum atomic E-state index is -2.87. The highest BCUT2D eigenvalue weighted by Crippen LogP contribution is 2.51. The van der Waals surface area contributed by atoms with Crippen LogP contribution in [0.3, 0.4) is 0 Å². The molecule has 0 unspecified atom stereocenters. The molecule has 0 fully saturated rings. The Morgan fingerprint density at radius 1 is 0.933 bits per heavy atom. The highest BCUT2D eigenvalue weighted by atomic mass is 16.3. The van der Waals surface area contributed by atoms with Crippen LogP contribution >= 0.6 is 0 Å². The Kier molecular flexibility index (Phi) is 2.37. The lowest BCUT2D eigenvalue weighted by Gasteiger charge is -2.19. The van der Waals surface area contributed by atoms with Gasteiger partial charge in [0.2, 0.25) is 5.69 Å². The van der Waals surface area contributed by atoms with Crippen LogP contribution < -0.4 is 4.57 Å². The standard InChI is InChI=1S/C27H23N2O/c1-16-12-13-17-19-15-28-26-23(18-9-5-6-10-20(18)27(26,2)3)25(19)30-24(17)22(16)21-11-7-8-14-29(21)4/h5-15H,1-4H3/q+1/i2D3,3D3. The SMILES string of the molecule is [2H]C([2H])([2H])C1(C([2H])([2H])[2H])c2ccccc2-c2c1ncc1c2oc2c(-c3cccc[n+]3C)c(C)ccc21. The van der Waals surface area contributed by atoms with E-state index in [9.17, 15) is 0 Å². The molecule has 3 heteroatoms. The van der Waals surface area contributed by atoms with Gasteiger partial charge in [0, 0.05) is 48.3 Å². The van der Waals surface area contributed by atoms with E-state index in [1.165, 1.54) is 0 Å². The molecule has 1 aliphatic rings. The molecule has 0 radical (unpaired) electrons. The molecule has 0 amide bonds. The van der Waals surface area contributed by atoms with Gasteiger partial charge in [-0.15, -0.1) is 0 Å². The molecule has 6 rings (SSSR count). The average Bonchev–Trinajstić information content (AvgIpc) is 3.33. The van der Waals surface area contributed by atoms with Crippen molar-refractivity contribution in [2.24, 2.45) is 7.05 Å². The van der Waals surface area contributed by atoms with Crippen molar-refractivity contribution in [3.8, 4) is 22.4 Å². The number of hydrogen-bond acceptors (Lipinski definition) is 2. The first-order chi connectivity index (χ1) is 17.0. The summed E-state index contributed by atoms with van der Waals surface area (Å²) in [7, 11) is 1.97. The van der Waals surface area contributed by atoms with Gasteiger partial charge in [-0.3, -0.25) is 4.98 Å². The second-order valence-corrected chi connectivity index (χ2v) is 7.95. The van der Waals surface area contributed by atoms with Gasteiger partial charge in [-0.1, -0.05) is 50.1 Å². The van der Waals surface area contributed by atoms with Crippen molar-refractivity contribution in [1.29, 1.82) is 0 Å². The molecule has 2 aromatic carbocycles. The number of pyridine rings is 2. The van der Waals surface area contributed by atoms with Crippen molar-refractivity contribution >= 4 is 21.9 Å². The van der Waals surface area contributed by atoms with Crippen LogP contribution in [-0.4, -0.2) is 4.98 Å². The minimum absolute atomic E-state index is 0.0128. The Bertz CT molecular complexity index is 1680. The summed E-state index contributed by atoms with van der Waals surface area (Å²) in [6, 6.07) is 16.7. The van der Waals surface area contributed by atoms with Crippen molar-refractivity contribution in [3.63, 3.8) is 0 Å². The second-order valence-electron chi connectivity index (χ2n) is 7.95. The Balaban J connectivity index is 1.79. The predicted molar refractivity (Wildman–Crippen MR) is 120 cm³/mol. The summed E-state index contributed by atoms with van der Waals surface area (Å²) in [5.74, 6) is 0. The first-order valence-electron chi connectivity index (χ1n) is 12.9. The van der Waals surface area contributed by atoms with Gasteiger partial charge in [-0.2, -0.15) is 0 Å². The molecule has 146 valence electrons. The Morgan fingerprint density at radius 2 is 1.73 bits per heavy atom. The molecular weight excluding hydrogens is 368 g/mol. The number of fused-ring (bicyclic) bond motifs is 7. The van der Waals surface area contributed by atoms with Gasteiger partial charge in [0.25, 0.3) is 0 Å². The monoisotopic (exact) mass is 397 g/mol. The molecule has 3 heterocycles. The highest BCUT2D eigenvalue weighted by molar-refractivity contribution is 6.14. The molecule has 0 bridgehead atoms. The van der Waals surface area contributed by atoms with Crippen molar-refractivity contribution in [1.82, 2.24) is 4.98 Å². The van der Waals surface area contributed by atoms with Crippen LogP contribution in [-0.2, 0) is 12.5 Å². The van der Waals surface area contributed by atoms with Gasteiger partial charge in [0.15, 0.2) is 6.20 Å². The van der Waals surface area contributed by atoms with E-state index in [1.54, 1.807) is 30.5 Å². The largest absolute Gasteiger partial charge is 0.454 e. The fourth-order valence-corrected chi connectivity index (χ4v) is 4.68. The maximum absolute atomic E-state index is 8.41. The lowest BCUT2D eigenvalue weighted by Crippen LogP contribution is -2.30. The summed E-state index contributed by atoms with van der Waals surface area (Å²) in [5.41, 5.74) is 2.95. The van der Waals surface area contributed by atoms with Crippen molar-refractivity contribution in [3.05, 3.63) is 83.8 Å². The molecule has 30 heavy (non-hydrogen) atoms. The summed E-state index contributed by atoms with van der Waals surface area (Å²) in [5, 5.41) is 1.55. The van der Waals surface area contributed by atoms with Gasteiger partial charge in [-0.05, 0) is 29.7 Å². The quantitative estimate of drug-likeness (QED) is 0.321. The van der Waals surface area contributed by atoms with Crippen molar-refractivity contribution < 1.29 is 17.2 Å². The third-order valence-electron chi connectivity index (χ3n) is 6.16. The average molecular weight is 398 g/mol. The summed E-state index contributed by atoms with van der Waals surface area (Å²) >= 11 is 0. The van der Waals surface area contributed by atoms with Crippen LogP contribution in [0.1, 0.15) is 38.7 Å². The molecule has 3 nitrogen and oxygen atoms in total. The minimum Gasteiger partial charge on any atom is -0.454 e. The molecule has 5 aromatic rings. The molecule has 0 aliphatic heterocycles. The zero-order chi connectivity index (χ0) is 25.6. The fraction of sp³-hybridized carbons (Fsp3) is 0.185. The zero-order valence-corrected chi connectivity index (χ0v) is 16.7. The maximum atomic E-state index is 8.41. The van der Waals surface area contributed by atoms with Crippen LogP contribution in [0.4, 0.5) is 0 Å². The molecule has 0 saturated heterocycles. The van der Waals surface area contributed by atoms with Crippen molar-refractivity contribution in [2.45, 2.75) is 26.0 Å². The lowest BCUT2D eigenvalue weighted by atomic mass is 9.85. The molecule has 3 aromatic heterocycles. The zero-order valence-electron chi connectivity index (χ0n) is 22.7. The van der Waals surface area contributed by atoms with Gasteiger partial charge in [0.1, 0.15) is 18.2 Å². The number of furan rings is 1. The molecule has 0 saturated carbocycles. The molecule has 0 spiro atoms. The number of aryl methyl sites for hydroxylation is 2. The summed E-state index contributed by atoms with van der Waals surface area (Å²) in [6.07, 6.45) is 3.52. The van der Waals surface area contributed by atoms with E-state index >= 15 is 0 Å². The number of hydrogen-bond donors (Lipinski definition) is 0. The van der Waals surface area contributed by atoms with Gasteiger partial charge in [0.05, 0.1) is 11.3 Å². The maximum Gasteiger partial charge on any atom is 0.216 e. The Hall–Kier alpha value is -3.46. The topological polar surface area (TPSA) is 29.9 Å². The van der Waals surface area contributed by atoms with Crippen molar-refractivity contribution in [2.75, 3.05) is 0 Å². The fourth-order valence-electron chi connectivity index (χ4n) is 4.68. The highest BCUT2D eigenvalue weighted by Gasteiger charge is 2.39. The summed E-state index contributed by atoms with van der Waals surface area (Å²) < 4.78 is 59.0. The first kappa shape index (κ1) is 12.3. The Morgan fingerprint density at radius 3 is 2.57 bits per heavy atom. The first-order valence-corrected chi connectivity index (χ1v) is 9.88. The van der Waals surface area contributed by atoms with E-state index in [1.807, 2.05) is 55.1 Å². The van der Waals surface area contributed by atoms with E-state index in [2.05, 4.69) is 4.98 Å².